The van der Waals surface area contributed by atoms with Gasteiger partial charge in [-0.3, -0.25) is 9.69 Å². The smallest absolute Gasteiger partial charge is 0.229 e. The molecule has 2 aromatic carbocycles. The number of halogens is 1. The Balaban J connectivity index is 0.00000408. The number of aromatic nitrogens is 1. The minimum absolute atomic E-state index is 0. The SMILES string of the molecule is Cc1ccc(S(=O)(=O)CCC(=O)N(CCN(C)C)c2nc3c(S(C)(=O)=O)cccc3s2)cc1.Cl. The third-order valence-electron chi connectivity index (χ3n) is 5.04. The highest BCUT2D eigenvalue weighted by molar-refractivity contribution is 7.91. The number of likely N-dealkylation sites (N-methyl/N-ethyl adjacent to an activating group) is 1. The lowest BCUT2D eigenvalue weighted by Crippen LogP contribution is -2.37. The third kappa shape index (κ3) is 6.76. The maximum absolute atomic E-state index is 13.1. The van der Waals surface area contributed by atoms with E-state index < -0.39 is 19.7 Å². The van der Waals surface area contributed by atoms with E-state index in [2.05, 4.69) is 4.98 Å². The van der Waals surface area contributed by atoms with Crippen LogP contribution in [-0.4, -0.2) is 71.8 Å². The quantitative estimate of drug-likeness (QED) is 0.406. The van der Waals surface area contributed by atoms with E-state index in [4.69, 9.17) is 0 Å². The maximum atomic E-state index is 13.1. The van der Waals surface area contributed by atoms with Crippen molar-refractivity contribution in [3.8, 4) is 0 Å². The Morgan fingerprint density at radius 2 is 1.65 bits per heavy atom. The summed E-state index contributed by atoms with van der Waals surface area (Å²) < 4.78 is 50.4. The van der Waals surface area contributed by atoms with Crippen molar-refractivity contribution in [2.75, 3.05) is 44.1 Å². The predicted octanol–water partition coefficient (Wildman–Crippen LogP) is 3.19. The summed E-state index contributed by atoms with van der Waals surface area (Å²) in [4.78, 5) is 21.2. The van der Waals surface area contributed by atoms with Crippen LogP contribution in [0.25, 0.3) is 10.2 Å². The fourth-order valence-corrected chi connectivity index (χ4v) is 6.34. The number of fused-ring (bicyclic) bond motifs is 1. The Kier molecular flexibility index (Phi) is 9.23. The van der Waals surface area contributed by atoms with Crippen LogP contribution < -0.4 is 4.90 Å². The number of aryl methyl sites for hydroxylation is 1. The number of benzene rings is 2. The van der Waals surface area contributed by atoms with Gasteiger partial charge in [0.25, 0.3) is 0 Å². The van der Waals surface area contributed by atoms with E-state index in [0.29, 0.717) is 28.4 Å². The molecule has 12 heteroatoms. The van der Waals surface area contributed by atoms with E-state index in [1.165, 1.54) is 22.3 Å². The van der Waals surface area contributed by atoms with Crippen molar-refractivity contribution >= 4 is 64.7 Å². The summed E-state index contributed by atoms with van der Waals surface area (Å²) in [5.74, 6) is -0.708. The molecule has 0 saturated heterocycles. The number of carbonyl (C=O) groups is 1. The molecule has 0 N–H and O–H groups in total. The van der Waals surface area contributed by atoms with Gasteiger partial charge in [0.1, 0.15) is 5.52 Å². The standard InChI is InChI=1S/C22H27N3O5S3.ClH/c1-16-8-10-17(11-9-16)33(29,30)15-12-20(26)25(14-13-24(2)3)22-23-21-18(31-22)6-5-7-19(21)32(4,27)28;/h5-11H,12-15H2,1-4H3;1H. The molecule has 3 rings (SSSR count). The Morgan fingerprint density at radius 1 is 1.00 bits per heavy atom. The topological polar surface area (TPSA) is 105 Å². The van der Waals surface area contributed by atoms with Crippen molar-refractivity contribution in [3.63, 3.8) is 0 Å². The van der Waals surface area contributed by atoms with E-state index >= 15 is 0 Å². The van der Waals surface area contributed by atoms with Crippen molar-refractivity contribution in [3.05, 3.63) is 48.0 Å². The number of thiazole rings is 1. The molecule has 8 nitrogen and oxygen atoms in total. The highest BCUT2D eigenvalue weighted by Gasteiger charge is 2.24. The van der Waals surface area contributed by atoms with Gasteiger partial charge in [-0.1, -0.05) is 35.1 Å². The van der Waals surface area contributed by atoms with E-state index in [1.807, 2.05) is 25.9 Å². The van der Waals surface area contributed by atoms with E-state index in [-0.39, 0.29) is 40.3 Å². The summed E-state index contributed by atoms with van der Waals surface area (Å²) in [6.07, 6.45) is 0.907. The zero-order valence-electron chi connectivity index (χ0n) is 19.4. The number of anilines is 1. The van der Waals surface area contributed by atoms with Gasteiger partial charge in [0.05, 0.1) is 20.2 Å². The van der Waals surface area contributed by atoms with Crippen LogP contribution in [-0.2, 0) is 24.5 Å². The van der Waals surface area contributed by atoms with Gasteiger partial charge in [0.2, 0.25) is 5.91 Å². The average Bonchev–Trinajstić information content (AvgIpc) is 3.15. The first kappa shape index (κ1) is 28.2. The minimum Gasteiger partial charge on any atom is -0.308 e. The molecule has 1 aromatic heterocycles. The number of nitrogens with zero attached hydrogens (tertiary/aromatic N) is 3. The van der Waals surface area contributed by atoms with Gasteiger partial charge >= 0.3 is 0 Å². The molecular formula is C22H28ClN3O5S3. The molecule has 0 radical (unpaired) electrons. The monoisotopic (exact) mass is 545 g/mol. The van der Waals surface area contributed by atoms with Crippen molar-refractivity contribution in [2.24, 2.45) is 0 Å². The maximum Gasteiger partial charge on any atom is 0.229 e. The molecule has 0 atom stereocenters. The third-order valence-corrected chi connectivity index (χ3v) is 8.94. The van der Waals surface area contributed by atoms with Gasteiger partial charge in [-0.25, -0.2) is 21.8 Å². The Labute approximate surface area is 210 Å². The van der Waals surface area contributed by atoms with Gasteiger partial charge in [0, 0.05) is 25.8 Å². The molecular weight excluding hydrogens is 518 g/mol. The van der Waals surface area contributed by atoms with E-state index in [0.717, 1.165) is 11.8 Å². The molecule has 186 valence electrons. The largest absolute Gasteiger partial charge is 0.308 e. The number of hydrogen-bond acceptors (Lipinski definition) is 8. The highest BCUT2D eigenvalue weighted by Crippen LogP contribution is 2.33. The lowest BCUT2D eigenvalue weighted by molar-refractivity contribution is -0.118. The number of hydrogen-bond donors (Lipinski definition) is 0. The summed E-state index contributed by atoms with van der Waals surface area (Å²) in [6, 6.07) is 11.4. The van der Waals surface area contributed by atoms with Crippen LogP contribution in [0, 0.1) is 6.92 Å². The molecule has 3 aromatic rings. The molecule has 0 unspecified atom stereocenters. The number of carbonyl (C=O) groups excluding carboxylic acids is 1. The van der Waals surface area contributed by atoms with E-state index in [9.17, 15) is 21.6 Å². The molecule has 34 heavy (non-hydrogen) atoms. The van der Waals surface area contributed by atoms with Crippen LogP contribution in [0.2, 0.25) is 0 Å². The molecule has 0 spiro atoms. The number of amides is 1. The Hall–Kier alpha value is -2.05. The van der Waals surface area contributed by atoms with Gasteiger partial charge in [0.15, 0.2) is 24.8 Å². The first-order valence-corrected chi connectivity index (χ1v) is 14.6. The van der Waals surface area contributed by atoms with Crippen LogP contribution in [0.3, 0.4) is 0 Å². The number of sulfone groups is 2. The van der Waals surface area contributed by atoms with E-state index in [1.54, 1.807) is 36.4 Å². The van der Waals surface area contributed by atoms with Crippen LogP contribution in [0.4, 0.5) is 5.13 Å². The first-order valence-electron chi connectivity index (χ1n) is 10.2. The average molecular weight is 546 g/mol. The Morgan fingerprint density at radius 3 is 2.24 bits per heavy atom. The van der Waals surface area contributed by atoms with Crippen molar-refractivity contribution < 1.29 is 21.6 Å². The van der Waals surface area contributed by atoms with Gasteiger partial charge in [-0.15, -0.1) is 12.4 Å². The summed E-state index contributed by atoms with van der Waals surface area (Å²) >= 11 is 1.21. The van der Waals surface area contributed by atoms with Crippen molar-refractivity contribution in [1.29, 1.82) is 0 Å². The summed E-state index contributed by atoms with van der Waals surface area (Å²) in [5.41, 5.74) is 1.26. The minimum atomic E-state index is -3.62. The van der Waals surface area contributed by atoms with Crippen molar-refractivity contribution in [1.82, 2.24) is 9.88 Å². The lowest BCUT2D eigenvalue weighted by atomic mass is 10.2. The fraction of sp³-hybridized carbons (Fsp3) is 0.364. The van der Waals surface area contributed by atoms with Crippen molar-refractivity contribution in [2.45, 2.75) is 23.1 Å². The molecule has 0 aliphatic heterocycles. The zero-order valence-corrected chi connectivity index (χ0v) is 22.7. The summed E-state index contributed by atoms with van der Waals surface area (Å²) in [6.45, 7) is 2.70. The van der Waals surface area contributed by atoms with Gasteiger partial charge in [-0.2, -0.15) is 0 Å². The second-order valence-corrected chi connectivity index (χ2v) is 13.2. The second-order valence-electron chi connectivity index (χ2n) is 8.10. The zero-order chi connectivity index (χ0) is 24.4. The molecule has 0 bridgehead atoms. The molecule has 0 fully saturated rings. The molecule has 1 amide bonds. The first-order chi connectivity index (χ1) is 15.4. The van der Waals surface area contributed by atoms with Gasteiger partial charge in [-0.05, 0) is 45.3 Å². The van der Waals surface area contributed by atoms with Crippen LogP contribution in [0.1, 0.15) is 12.0 Å². The van der Waals surface area contributed by atoms with Crippen LogP contribution in [0.5, 0.6) is 0 Å². The molecule has 1 heterocycles. The second kappa shape index (κ2) is 11.1. The van der Waals surface area contributed by atoms with Gasteiger partial charge < -0.3 is 4.90 Å². The normalized spacial score (nSPS) is 12.0. The summed E-state index contributed by atoms with van der Waals surface area (Å²) in [7, 11) is -3.39. The Bertz CT molecular complexity index is 1370. The number of para-hydroxylation sites is 1. The summed E-state index contributed by atoms with van der Waals surface area (Å²) in [5, 5.41) is 0.348. The lowest BCUT2D eigenvalue weighted by Gasteiger charge is -2.22. The van der Waals surface area contributed by atoms with Crippen LogP contribution >= 0.6 is 23.7 Å². The molecule has 0 aliphatic carbocycles. The fourth-order valence-electron chi connectivity index (χ4n) is 3.17. The number of rotatable bonds is 9. The molecule has 0 aliphatic rings. The predicted molar refractivity (Wildman–Crippen MR) is 139 cm³/mol. The van der Waals surface area contributed by atoms with Crippen LogP contribution in [0.15, 0.2) is 52.3 Å². The molecule has 0 saturated carbocycles. The highest BCUT2D eigenvalue weighted by atomic mass is 35.5.